The summed E-state index contributed by atoms with van der Waals surface area (Å²) in [6.45, 7) is 5.09. The molecule has 2 aliphatic carbocycles. The summed E-state index contributed by atoms with van der Waals surface area (Å²) in [6.07, 6.45) is 6.78. The summed E-state index contributed by atoms with van der Waals surface area (Å²) in [5.41, 5.74) is -0.520. The Kier molecular flexibility index (Phi) is 5.12. The van der Waals surface area contributed by atoms with Gasteiger partial charge in [-0.15, -0.1) is 0 Å². The molecule has 2 aliphatic rings. The number of nitrogens with one attached hydrogen (secondary N) is 1. The van der Waals surface area contributed by atoms with E-state index in [1.54, 1.807) is 0 Å². The highest BCUT2D eigenvalue weighted by atomic mass is 16.4. The molecule has 0 atom stereocenters. The number of carbonyl (C=O) groups is 2. The second kappa shape index (κ2) is 6.67. The molecule has 0 radical (unpaired) electrons. The normalized spacial score (nSPS) is 20.5. The molecular weight excluding hydrogens is 268 g/mol. The SMILES string of the molecule is CC(C)CCN(C(=O)NC1(CC(=O)O)CCCC1)C1CC1. The van der Waals surface area contributed by atoms with Crippen LogP contribution in [0, 0.1) is 5.92 Å². The molecule has 2 rings (SSSR count). The second-order valence-electron chi connectivity index (χ2n) is 7.10. The summed E-state index contributed by atoms with van der Waals surface area (Å²) in [6, 6.07) is 0.313. The first-order chi connectivity index (χ1) is 9.92. The van der Waals surface area contributed by atoms with Crippen molar-refractivity contribution in [1.29, 1.82) is 0 Å². The largest absolute Gasteiger partial charge is 0.481 e. The molecule has 5 nitrogen and oxygen atoms in total. The molecule has 0 aromatic carbocycles. The number of carboxylic acid groups (broad SMARTS) is 1. The highest BCUT2D eigenvalue weighted by Crippen LogP contribution is 2.34. The van der Waals surface area contributed by atoms with Gasteiger partial charge in [0, 0.05) is 12.6 Å². The van der Waals surface area contributed by atoms with Crippen molar-refractivity contribution in [3.63, 3.8) is 0 Å². The van der Waals surface area contributed by atoms with E-state index in [9.17, 15) is 9.59 Å². The van der Waals surface area contributed by atoms with Crippen molar-refractivity contribution >= 4 is 12.0 Å². The predicted octanol–water partition coefficient (Wildman–Crippen LogP) is 2.99. The van der Waals surface area contributed by atoms with Crippen LogP contribution in [0.25, 0.3) is 0 Å². The predicted molar refractivity (Wildman–Crippen MR) is 81.2 cm³/mol. The van der Waals surface area contributed by atoms with Crippen LogP contribution in [0.1, 0.15) is 65.2 Å². The maximum atomic E-state index is 12.6. The molecular formula is C16H28N2O3. The summed E-state index contributed by atoms with van der Waals surface area (Å²) in [5, 5.41) is 12.2. The topological polar surface area (TPSA) is 69.6 Å². The van der Waals surface area contributed by atoms with Crippen molar-refractivity contribution in [2.75, 3.05) is 6.54 Å². The standard InChI is InChI=1S/C16H28N2O3/c1-12(2)7-10-18(13-5-6-13)15(21)17-16(11-14(19)20)8-3-4-9-16/h12-13H,3-11H2,1-2H3,(H,17,21)(H,19,20). The quantitative estimate of drug-likeness (QED) is 0.758. The Morgan fingerprint density at radius 1 is 1.29 bits per heavy atom. The van der Waals surface area contributed by atoms with Gasteiger partial charge in [-0.2, -0.15) is 0 Å². The average molecular weight is 296 g/mol. The molecule has 0 aromatic heterocycles. The smallest absolute Gasteiger partial charge is 0.318 e. The van der Waals surface area contributed by atoms with E-state index >= 15 is 0 Å². The van der Waals surface area contributed by atoms with Gasteiger partial charge >= 0.3 is 12.0 Å². The first-order valence-corrected chi connectivity index (χ1v) is 8.22. The van der Waals surface area contributed by atoms with Gasteiger partial charge in [0.1, 0.15) is 0 Å². The number of carboxylic acids is 1. The van der Waals surface area contributed by atoms with Gasteiger partial charge in [-0.05, 0) is 38.0 Å². The molecule has 21 heavy (non-hydrogen) atoms. The molecule has 120 valence electrons. The van der Waals surface area contributed by atoms with Crippen LogP contribution in [0.2, 0.25) is 0 Å². The number of urea groups is 1. The van der Waals surface area contributed by atoms with E-state index in [0.29, 0.717) is 12.0 Å². The lowest BCUT2D eigenvalue weighted by molar-refractivity contribution is -0.138. The van der Waals surface area contributed by atoms with Crippen molar-refractivity contribution in [3.05, 3.63) is 0 Å². The molecule has 0 saturated heterocycles. The van der Waals surface area contributed by atoms with Crippen molar-refractivity contribution < 1.29 is 14.7 Å². The minimum absolute atomic E-state index is 0.0431. The Balaban J connectivity index is 1.97. The Morgan fingerprint density at radius 3 is 2.38 bits per heavy atom. The van der Waals surface area contributed by atoms with Gasteiger partial charge in [0.15, 0.2) is 0 Å². The van der Waals surface area contributed by atoms with Crippen molar-refractivity contribution in [1.82, 2.24) is 10.2 Å². The number of nitrogens with zero attached hydrogens (tertiary/aromatic N) is 1. The Labute approximate surface area is 127 Å². The maximum absolute atomic E-state index is 12.6. The van der Waals surface area contributed by atoms with E-state index in [2.05, 4.69) is 19.2 Å². The van der Waals surface area contributed by atoms with Gasteiger partial charge in [-0.3, -0.25) is 4.79 Å². The van der Waals surface area contributed by atoms with Gasteiger partial charge in [-0.1, -0.05) is 26.7 Å². The Morgan fingerprint density at radius 2 is 1.90 bits per heavy atom. The monoisotopic (exact) mass is 296 g/mol. The van der Waals surface area contributed by atoms with Crippen LogP contribution in [0.5, 0.6) is 0 Å². The molecule has 0 unspecified atom stereocenters. The summed E-state index contributed by atoms with van der Waals surface area (Å²) in [7, 11) is 0. The van der Waals surface area contributed by atoms with E-state index in [0.717, 1.165) is 51.5 Å². The van der Waals surface area contributed by atoms with Gasteiger partial charge in [0.2, 0.25) is 0 Å². The molecule has 0 spiro atoms. The molecule has 2 N–H and O–H groups in total. The van der Waals surface area contributed by atoms with Crippen LogP contribution in [0.4, 0.5) is 4.79 Å². The lowest BCUT2D eigenvalue weighted by atomic mass is 9.93. The van der Waals surface area contributed by atoms with E-state index in [4.69, 9.17) is 5.11 Å². The third-order valence-corrected chi connectivity index (χ3v) is 4.62. The highest BCUT2D eigenvalue weighted by molar-refractivity contribution is 5.77. The molecule has 2 fully saturated rings. The summed E-state index contributed by atoms with van der Waals surface area (Å²) in [4.78, 5) is 25.6. The van der Waals surface area contributed by atoms with E-state index in [1.807, 2.05) is 4.90 Å². The number of carbonyl (C=O) groups excluding carboxylic acids is 1. The van der Waals surface area contributed by atoms with Gasteiger partial charge in [-0.25, -0.2) is 4.79 Å². The molecule has 0 bridgehead atoms. The number of hydrogen-bond acceptors (Lipinski definition) is 2. The maximum Gasteiger partial charge on any atom is 0.318 e. The molecule has 0 aliphatic heterocycles. The van der Waals surface area contributed by atoms with E-state index < -0.39 is 11.5 Å². The van der Waals surface area contributed by atoms with Crippen molar-refractivity contribution in [2.24, 2.45) is 5.92 Å². The number of amides is 2. The van der Waals surface area contributed by atoms with Crippen LogP contribution in [0.3, 0.4) is 0 Å². The Bertz CT molecular complexity index is 385. The number of rotatable bonds is 7. The third kappa shape index (κ3) is 4.61. The highest BCUT2D eigenvalue weighted by Gasteiger charge is 2.40. The zero-order valence-electron chi connectivity index (χ0n) is 13.2. The first-order valence-electron chi connectivity index (χ1n) is 8.22. The van der Waals surface area contributed by atoms with Crippen molar-refractivity contribution in [2.45, 2.75) is 76.8 Å². The molecule has 2 amide bonds. The van der Waals surface area contributed by atoms with Crippen LogP contribution in [0.15, 0.2) is 0 Å². The fraction of sp³-hybridized carbons (Fsp3) is 0.875. The molecule has 5 heteroatoms. The average Bonchev–Trinajstić information content (AvgIpc) is 3.10. The third-order valence-electron chi connectivity index (χ3n) is 4.62. The van der Waals surface area contributed by atoms with Crippen molar-refractivity contribution in [3.8, 4) is 0 Å². The van der Waals surface area contributed by atoms with Gasteiger partial charge in [0.25, 0.3) is 0 Å². The second-order valence-corrected chi connectivity index (χ2v) is 7.10. The van der Waals surface area contributed by atoms with Crippen LogP contribution >= 0.6 is 0 Å². The van der Waals surface area contributed by atoms with E-state index in [-0.39, 0.29) is 12.5 Å². The molecule has 0 heterocycles. The number of aliphatic carboxylic acids is 1. The zero-order valence-corrected chi connectivity index (χ0v) is 13.2. The summed E-state index contributed by atoms with van der Waals surface area (Å²) >= 11 is 0. The minimum Gasteiger partial charge on any atom is -0.481 e. The van der Waals surface area contributed by atoms with Gasteiger partial charge in [0.05, 0.1) is 12.0 Å². The summed E-state index contributed by atoms with van der Waals surface area (Å²) < 4.78 is 0. The molecule has 0 aromatic rings. The summed E-state index contributed by atoms with van der Waals surface area (Å²) in [5.74, 6) is -0.254. The van der Waals surface area contributed by atoms with Crippen LogP contribution < -0.4 is 5.32 Å². The number of hydrogen-bond donors (Lipinski definition) is 2. The Hall–Kier alpha value is -1.26. The lowest BCUT2D eigenvalue weighted by Crippen LogP contribution is -2.53. The van der Waals surface area contributed by atoms with Crippen LogP contribution in [-0.2, 0) is 4.79 Å². The fourth-order valence-electron chi connectivity index (χ4n) is 3.22. The lowest BCUT2D eigenvalue weighted by Gasteiger charge is -2.33. The van der Waals surface area contributed by atoms with Gasteiger partial charge < -0.3 is 15.3 Å². The zero-order chi connectivity index (χ0) is 15.5. The van der Waals surface area contributed by atoms with E-state index in [1.165, 1.54) is 0 Å². The van der Waals surface area contributed by atoms with Crippen LogP contribution in [-0.4, -0.2) is 40.1 Å². The first kappa shape index (κ1) is 16.1. The fourth-order valence-corrected chi connectivity index (χ4v) is 3.22. The molecule has 2 saturated carbocycles. The minimum atomic E-state index is -0.822.